The quantitative estimate of drug-likeness (QED) is 0.554. The number of aliphatic imine (C=N–C) groups is 1. The van der Waals surface area contributed by atoms with Crippen molar-refractivity contribution in [2.45, 2.75) is 32.4 Å². The molecule has 0 aromatic carbocycles. The number of guanidine groups is 1. The molecule has 4 N–H and O–H groups in total. The van der Waals surface area contributed by atoms with Crippen LogP contribution in [0.4, 0.5) is 0 Å². The molecule has 0 aliphatic carbocycles. The van der Waals surface area contributed by atoms with Crippen molar-refractivity contribution < 1.29 is 5.11 Å². The molecule has 1 rings (SSSR count). The Bertz CT molecular complexity index is 341. The van der Waals surface area contributed by atoms with Crippen LogP contribution in [0.5, 0.6) is 0 Å². The van der Waals surface area contributed by atoms with Crippen molar-refractivity contribution in [1.29, 1.82) is 0 Å². The number of rotatable bonds is 3. The topological polar surface area (TPSA) is 70.6 Å². The Morgan fingerprint density at radius 1 is 1.62 bits per heavy atom. The highest BCUT2D eigenvalue weighted by Crippen LogP contribution is 2.16. The van der Waals surface area contributed by atoms with E-state index in [0.717, 1.165) is 5.56 Å². The van der Waals surface area contributed by atoms with Crippen LogP contribution in [-0.4, -0.2) is 23.1 Å². The van der Waals surface area contributed by atoms with Crippen LogP contribution in [0.3, 0.4) is 0 Å². The lowest BCUT2D eigenvalue weighted by molar-refractivity contribution is 0.187. The fraction of sp³-hybridized carbons (Fsp3) is 0.545. The van der Waals surface area contributed by atoms with Crippen molar-refractivity contribution in [3.05, 3.63) is 22.4 Å². The summed E-state index contributed by atoms with van der Waals surface area (Å²) in [6, 6.07) is 1.89. The summed E-state index contributed by atoms with van der Waals surface area (Å²) in [6.45, 7) is 6.30. The molecule has 4 nitrogen and oxygen atoms in total. The number of nitrogens with one attached hydrogen (secondary N) is 1. The van der Waals surface area contributed by atoms with Gasteiger partial charge in [0.15, 0.2) is 5.96 Å². The van der Waals surface area contributed by atoms with E-state index in [4.69, 9.17) is 5.73 Å². The van der Waals surface area contributed by atoms with E-state index in [2.05, 4.69) is 10.3 Å². The van der Waals surface area contributed by atoms with E-state index in [1.54, 1.807) is 11.3 Å². The van der Waals surface area contributed by atoms with Gasteiger partial charge in [-0.2, -0.15) is 11.3 Å². The van der Waals surface area contributed by atoms with E-state index < -0.39 is 6.10 Å². The van der Waals surface area contributed by atoms with Gasteiger partial charge in [0, 0.05) is 5.54 Å². The van der Waals surface area contributed by atoms with Crippen molar-refractivity contribution in [3.8, 4) is 0 Å². The predicted molar refractivity (Wildman–Crippen MR) is 68.7 cm³/mol. The number of nitrogens with zero attached hydrogens (tertiary/aromatic N) is 1. The van der Waals surface area contributed by atoms with Crippen LogP contribution in [0.15, 0.2) is 21.8 Å². The smallest absolute Gasteiger partial charge is 0.189 e. The third-order valence-electron chi connectivity index (χ3n) is 1.87. The van der Waals surface area contributed by atoms with Gasteiger partial charge in [0.25, 0.3) is 0 Å². The van der Waals surface area contributed by atoms with Gasteiger partial charge in [0.05, 0.1) is 12.6 Å². The Balaban J connectivity index is 2.47. The maximum Gasteiger partial charge on any atom is 0.189 e. The molecule has 90 valence electrons. The second-order valence-electron chi connectivity index (χ2n) is 4.67. The monoisotopic (exact) mass is 241 g/mol. The summed E-state index contributed by atoms with van der Waals surface area (Å²) in [7, 11) is 0. The average Bonchev–Trinajstić information content (AvgIpc) is 2.64. The minimum atomic E-state index is -0.577. The first kappa shape index (κ1) is 13.0. The largest absolute Gasteiger partial charge is 0.386 e. The molecule has 0 radical (unpaired) electrons. The van der Waals surface area contributed by atoms with Gasteiger partial charge in [-0.25, -0.2) is 0 Å². The maximum absolute atomic E-state index is 9.77. The van der Waals surface area contributed by atoms with E-state index in [-0.39, 0.29) is 12.1 Å². The predicted octanol–water partition coefficient (Wildman–Crippen LogP) is 1.48. The molecule has 0 saturated heterocycles. The number of hydrogen-bond donors (Lipinski definition) is 3. The van der Waals surface area contributed by atoms with Gasteiger partial charge in [0.2, 0.25) is 0 Å². The van der Waals surface area contributed by atoms with Gasteiger partial charge >= 0.3 is 0 Å². The Morgan fingerprint density at radius 3 is 2.81 bits per heavy atom. The Hall–Kier alpha value is -1.07. The second-order valence-corrected chi connectivity index (χ2v) is 5.45. The molecule has 0 fully saturated rings. The summed E-state index contributed by atoms with van der Waals surface area (Å²) in [5, 5.41) is 16.7. The summed E-state index contributed by atoms with van der Waals surface area (Å²) in [6.07, 6.45) is -0.577. The lowest BCUT2D eigenvalue weighted by Crippen LogP contribution is -2.45. The second kappa shape index (κ2) is 5.32. The van der Waals surface area contributed by atoms with Crippen molar-refractivity contribution in [3.63, 3.8) is 0 Å². The van der Waals surface area contributed by atoms with Gasteiger partial charge < -0.3 is 16.2 Å². The first-order chi connectivity index (χ1) is 7.38. The number of aliphatic hydroxyl groups excluding tert-OH is 1. The fourth-order valence-corrected chi connectivity index (χ4v) is 1.89. The van der Waals surface area contributed by atoms with E-state index in [9.17, 15) is 5.11 Å². The van der Waals surface area contributed by atoms with E-state index in [1.807, 2.05) is 37.6 Å². The summed E-state index contributed by atoms with van der Waals surface area (Å²) < 4.78 is 0. The normalized spacial score (nSPS) is 14.9. The minimum Gasteiger partial charge on any atom is -0.386 e. The first-order valence-corrected chi connectivity index (χ1v) is 6.11. The molecule has 1 unspecified atom stereocenters. The number of aliphatic hydroxyl groups is 1. The van der Waals surface area contributed by atoms with Crippen LogP contribution in [0, 0.1) is 0 Å². The molecular weight excluding hydrogens is 222 g/mol. The van der Waals surface area contributed by atoms with Crippen molar-refractivity contribution >= 4 is 17.3 Å². The molecule has 1 aromatic rings. The molecule has 5 heteroatoms. The third kappa shape index (κ3) is 4.63. The van der Waals surface area contributed by atoms with Gasteiger partial charge in [0.1, 0.15) is 0 Å². The SMILES string of the molecule is CC(C)(C)NC(N)=NCC(O)c1ccsc1. The Morgan fingerprint density at radius 2 is 2.31 bits per heavy atom. The van der Waals surface area contributed by atoms with Crippen LogP contribution >= 0.6 is 11.3 Å². The zero-order valence-corrected chi connectivity index (χ0v) is 10.7. The molecule has 0 saturated carbocycles. The first-order valence-electron chi connectivity index (χ1n) is 5.17. The average molecular weight is 241 g/mol. The van der Waals surface area contributed by atoms with E-state index in [1.165, 1.54) is 0 Å². The van der Waals surface area contributed by atoms with E-state index >= 15 is 0 Å². The van der Waals surface area contributed by atoms with Gasteiger partial charge in [-0.15, -0.1) is 0 Å². The summed E-state index contributed by atoms with van der Waals surface area (Å²) in [4.78, 5) is 4.10. The maximum atomic E-state index is 9.77. The third-order valence-corrected chi connectivity index (χ3v) is 2.57. The van der Waals surface area contributed by atoms with Crippen LogP contribution in [0.25, 0.3) is 0 Å². The van der Waals surface area contributed by atoms with Crippen LogP contribution in [-0.2, 0) is 0 Å². The molecule has 0 spiro atoms. The lowest BCUT2D eigenvalue weighted by atomic mass is 10.1. The Kier molecular flexibility index (Phi) is 4.32. The highest BCUT2D eigenvalue weighted by atomic mass is 32.1. The standard InChI is InChI=1S/C11H19N3OS/c1-11(2,3)14-10(12)13-6-9(15)8-4-5-16-7-8/h4-5,7,9,15H,6H2,1-3H3,(H3,12,13,14). The molecule has 0 amide bonds. The van der Waals surface area contributed by atoms with Crippen molar-refractivity contribution in [2.24, 2.45) is 10.7 Å². The number of hydrogen-bond acceptors (Lipinski definition) is 3. The summed E-state index contributed by atoms with van der Waals surface area (Å²) >= 11 is 1.56. The summed E-state index contributed by atoms with van der Waals surface area (Å²) in [5.74, 6) is 0.363. The molecule has 0 aliphatic heterocycles. The molecule has 16 heavy (non-hydrogen) atoms. The highest BCUT2D eigenvalue weighted by Gasteiger charge is 2.11. The summed E-state index contributed by atoms with van der Waals surface area (Å²) in [5.41, 5.74) is 6.47. The number of nitrogens with two attached hydrogens (primary N) is 1. The lowest BCUT2D eigenvalue weighted by Gasteiger charge is -2.21. The molecule has 1 atom stereocenters. The zero-order chi connectivity index (χ0) is 12.2. The van der Waals surface area contributed by atoms with Crippen LogP contribution in [0.2, 0.25) is 0 Å². The highest BCUT2D eigenvalue weighted by molar-refractivity contribution is 7.07. The molecular formula is C11H19N3OS. The van der Waals surface area contributed by atoms with Crippen LogP contribution < -0.4 is 11.1 Å². The zero-order valence-electron chi connectivity index (χ0n) is 9.90. The Labute approximate surface area is 100 Å². The molecule has 0 bridgehead atoms. The fourth-order valence-electron chi connectivity index (χ4n) is 1.18. The van der Waals surface area contributed by atoms with Crippen molar-refractivity contribution in [2.75, 3.05) is 6.54 Å². The molecule has 0 aliphatic rings. The van der Waals surface area contributed by atoms with Crippen molar-refractivity contribution in [1.82, 2.24) is 5.32 Å². The van der Waals surface area contributed by atoms with Crippen LogP contribution in [0.1, 0.15) is 32.4 Å². The molecule has 1 heterocycles. The van der Waals surface area contributed by atoms with Gasteiger partial charge in [-0.05, 0) is 43.2 Å². The minimum absolute atomic E-state index is 0.110. The molecule has 1 aromatic heterocycles. The van der Waals surface area contributed by atoms with E-state index in [0.29, 0.717) is 5.96 Å². The van der Waals surface area contributed by atoms with Gasteiger partial charge in [-0.3, -0.25) is 4.99 Å². The van der Waals surface area contributed by atoms with Gasteiger partial charge in [-0.1, -0.05) is 0 Å². The number of thiophene rings is 1.